The molecule has 3 aromatic rings. The standard InChI is InChI=1S/C25H29FN4O5/c1-27-20-12-16(6-10-28-20)22-23(15-2-4-17(26)5-3-15)30(24(29-22)25(35)8-9-25)11-7-18(31)13-19(32)14-21(33)34/h2-6,10,12,18-19,31-32,35H,7-9,11,13-14H2,1H3,(H,27,28)(H,33,34)/t18-,19-/m1/s1. The van der Waals surface area contributed by atoms with E-state index in [1.165, 1.54) is 12.1 Å². The highest BCUT2D eigenvalue weighted by molar-refractivity contribution is 5.80. The molecule has 9 nitrogen and oxygen atoms in total. The number of carbonyl (C=O) groups is 1. The number of benzene rings is 1. The van der Waals surface area contributed by atoms with Gasteiger partial charge < -0.3 is 30.3 Å². The Morgan fingerprint density at radius 3 is 2.51 bits per heavy atom. The molecule has 2 heterocycles. The quantitative estimate of drug-likeness (QED) is 0.280. The average molecular weight is 485 g/mol. The third-order valence-electron chi connectivity index (χ3n) is 6.15. The van der Waals surface area contributed by atoms with Crippen molar-refractivity contribution in [3.05, 3.63) is 54.2 Å². The van der Waals surface area contributed by atoms with Gasteiger partial charge in [0.2, 0.25) is 0 Å². The van der Waals surface area contributed by atoms with E-state index in [1.54, 1.807) is 31.4 Å². The molecule has 2 aromatic heterocycles. The number of aliphatic hydroxyl groups is 3. The molecule has 5 N–H and O–H groups in total. The Bertz CT molecular complexity index is 1190. The lowest BCUT2D eigenvalue weighted by Gasteiger charge is -2.19. The van der Waals surface area contributed by atoms with Crippen molar-refractivity contribution in [3.63, 3.8) is 0 Å². The summed E-state index contributed by atoms with van der Waals surface area (Å²) < 4.78 is 15.6. The van der Waals surface area contributed by atoms with Crippen LogP contribution in [-0.2, 0) is 16.9 Å². The number of aromatic nitrogens is 3. The fourth-order valence-electron chi connectivity index (χ4n) is 4.18. The first-order valence-corrected chi connectivity index (χ1v) is 11.5. The van der Waals surface area contributed by atoms with E-state index in [2.05, 4.69) is 10.3 Å². The number of nitrogens with one attached hydrogen (secondary N) is 1. The minimum Gasteiger partial charge on any atom is -0.481 e. The highest BCUT2D eigenvalue weighted by atomic mass is 19.1. The summed E-state index contributed by atoms with van der Waals surface area (Å²) in [5, 5.41) is 43.3. The van der Waals surface area contributed by atoms with E-state index in [4.69, 9.17) is 10.1 Å². The molecule has 1 aliphatic rings. The summed E-state index contributed by atoms with van der Waals surface area (Å²) in [5.74, 6) is -0.435. The molecule has 186 valence electrons. The second kappa shape index (κ2) is 10.1. The van der Waals surface area contributed by atoms with Crippen LogP contribution in [0, 0.1) is 5.82 Å². The minimum absolute atomic E-state index is 0.0881. The maximum atomic E-state index is 13.7. The summed E-state index contributed by atoms with van der Waals surface area (Å²) in [6.45, 7) is 0.252. The van der Waals surface area contributed by atoms with Gasteiger partial charge in [0.25, 0.3) is 0 Å². The van der Waals surface area contributed by atoms with Crippen LogP contribution in [-0.4, -0.2) is 60.2 Å². The second-order valence-electron chi connectivity index (χ2n) is 8.93. The Morgan fingerprint density at radius 1 is 1.17 bits per heavy atom. The summed E-state index contributed by atoms with van der Waals surface area (Å²) in [6.07, 6.45) is 0.268. The van der Waals surface area contributed by atoms with E-state index in [1.807, 2.05) is 10.6 Å². The topological polar surface area (TPSA) is 141 Å². The first-order valence-electron chi connectivity index (χ1n) is 11.5. The van der Waals surface area contributed by atoms with Crippen molar-refractivity contribution in [2.24, 2.45) is 0 Å². The molecule has 1 saturated carbocycles. The molecule has 1 aromatic carbocycles. The zero-order valence-electron chi connectivity index (χ0n) is 19.4. The molecule has 10 heteroatoms. The van der Waals surface area contributed by atoms with E-state index in [-0.39, 0.29) is 25.2 Å². The summed E-state index contributed by atoms with van der Waals surface area (Å²) in [5.41, 5.74) is 1.59. The summed E-state index contributed by atoms with van der Waals surface area (Å²) >= 11 is 0. The number of aliphatic carboxylic acids is 1. The van der Waals surface area contributed by atoms with E-state index in [0.717, 1.165) is 5.56 Å². The zero-order valence-corrected chi connectivity index (χ0v) is 19.4. The van der Waals surface area contributed by atoms with Gasteiger partial charge in [-0.1, -0.05) is 0 Å². The van der Waals surface area contributed by atoms with Gasteiger partial charge in [-0.25, -0.2) is 14.4 Å². The Morgan fingerprint density at radius 2 is 1.89 bits per heavy atom. The normalized spacial score (nSPS) is 16.0. The smallest absolute Gasteiger partial charge is 0.305 e. The number of hydrogen-bond acceptors (Lipinski definition) is 7. The summed E-state index contributed by atoms with van der Waals surface area (Å²) in [6, 6.07) is 9.62. The highest BCUT2D eigenvalue weighted by Gasteiger charge is 2.47. The van der Waals surface area contributed by atoms with E-state index in [9.17, 15) is 24.5 Å². The van der Waals surface area contributed by atoms with Gasteiger partial charge in [-0.3, -0.25) is 4.79 Å². The van der Waals surface area contributed by atoms with E-state index in [0.29, 0.717) is 41.4 Å². The van der Waals surface area contributed by atoms with Gasteiger partial charge in [0.05, 0.1) is 30.0 Å². The fourth-order valence-corrected chi connectivity index (χ4v) is 4.18. The zero-order chi connectivity index (χ0) is 25.2. The van der Waals surface area contributed by atoms with E-state index < -0.39 is 30.2 Å². The number of nitrogens with zero attached hydrogens (tertiary/aromatic N) is 3. The third-order valence-corrected chi connectivity index (χ3v) is 6.15. The molecule has 2 atom stereocenters. The maximum absolute atomic E-state index is 13.7. The lowest BCUT2D eigenvalue weighted by Crippen LogP contribution is -2.23. The van der Waals surface area contributed by atoms with Crippen molar-refractivity contribution in [3.8, 4) is 22.5 Å². The van der Waals surface area contributed by atoms with Crippen LogP contribution < -0.4 is 5.32 Å². The van der Waals surface area contributed by atoms with Gasteiger partial charge in [-0.2, -0.15) is 0 Å². The number of hydrogen-bond donors (Lipinski definition) is 5. The number of halogens is 1. The van der Waals surface area contributed by atoms with Gasteiger partial charge in [0.15, 0.2) is 0 Å². The number of carboxylic acids is 1. The second-order valence-corrected chi connectivity index (χ2v) is 8.93. The Kier molecular flexibility index (Phi) is 7.15. The van der Waals surface area contributed by atoms with Crippen LogP contribution >= 0.6 is 0 Å². The Hall–Kier alpha value is -3.34. The first kappa shape index (κ1) is 24.8. The van der Waals surface area contributed by atoms with Crippen molar-refractivity contribution in [1.82, 2.24) is 14.5 Å². The monoisotopic (exact) mass is 484 g/mol. The number of carboxylic acid groups (broad SMARTS) is 1. The van der Waals surface area contributed by atoms with E-state index >= 15 is 0 Å². The Balaban J connectivity index is 1.75. The number of rotatable bonds is 11. The van der Waals surface area contributed by atoms with Crippen LogP contribution in [0.4, 0.5) is 10.2 Å². The molecule has 0 aliphatic heterocycles. The molecule has 0 unspecified atom stereocenters. The average Bonchev–Trinajstić information content (AvgIpc) is 3.44. The number of anilines is 1. The molecule has 0 amide bonds. The van der Waals surface area contributed by atoms with Gasteiger partial charge in [0.1, 0.15) is 23.1 Å². The SMILES string of the molecule is CNc1cc(-c2nc(C3(O)CC3)n(CC[C@@H](O)C[C@@H](O)CC(=O)O)c2-c2ccc(F)cc2)ccn1. The number of aliphatic hydroxyl groups excluding tert-OH is 2. The molecule has 0 saturated heterocycles. The molecular weight excluding hydrogens is 455 g/mol. The maximum Gasteiger partial charge on any atom is 0.305 e. The van der Waals surface area contributed by atoms with Crippen LogP contribution in [0.25, 0.3) is 22.5 Å². The van der Waals surface area contributed by atoms with Crippen molar-refractivity contribution < 1.29 is 29.6 Å². The van der Waals surface area contributed by atoms with Crippen molar-refractivity contribution in [2.75, 3.05) is 12.4 Å². The lowest BCUT2D eigenvalue weighted by atomic mass is 10.0. The molecule has 0 radical (unpaired) electrons. The van der Waals surface area contributed by atoms with Crippen LogP contribution in [0.2, 0.25) is 0 Å². The van der Waals surface area contributed by atoms with Gasteiger partial charge in [0, 0.05) is 30.9 Å². The lowest BCUT2D eigenvalue weighted by molar-refractivity contribution is -0.139. The van der Waals surface area contributed by atoms with Crippen LogP contribution in [0.5, 0.6) is 0 Å². The Labute approximate surface area is 201 Å². The van der Waals surface area contributed by atoms with Crippen LogP contribution in [0.3, 0.4) is 0 Å². The predicted octanol–water partition coefficient (Wildman–Crippen LogP) is 2.75. The molecule has 0 bridgehead atoms. The fraction of sp³-hybridized carbons (Fsp3) is 0.400. The number of imidazole rings is 1. The number of pyridine rings is 1. The molecule has 1 aliphatic carbocycles. The van der Waals surface area contributed by atoms with Gasteiger partial charge >= 0.3 is 5.97 Å². The van der Waals surface area contributed by atoms with Crippen molar-refractivity contribution in [1.29, 1.82) is 0 Å². The summed E-state index contributed by atoms with van der Waals surface area (Å²) in [4.78, 5) is 19.9. The first-order chi connectivity index (χ1) is 16.7. The minimum atomic E-state index is -1.17. The molecule has 4 rings (SSSR count). The molecule has 35 heavy (non-hydrogen) atoms. The highest BCUT2D eigenvalue weighted by Crippen LogP contribution is 2.47. The van der Waals surface area contributed by atoms with Crippen molar-refractivity contribution in [2.45, 2.75) is 56.5 Å². The van der Waals surface area contributed by atoms with Crippen LogP contribution in [0.1, 0.15) is 37.9 Å². The largest absolute Gasteiger partial charge is 0.481 e. The van der Waals surface area contributed by atoms with Crippen molar-refractivity contribution >= 4 is 11.8 Å². The molecule has 1 fully saturated rings. The van der Waals surface area contributed by atoms with Gasteiger partial charge in [-0.15, -0.1) is 0 Å². The van der Waals surface area contributed by atoms with Crippen LogP contribution in [0.15, 0.2) is 42.6 Å². The third kappa shape index (κ3) is 5.67. The molecular formula is C25H29FN4O5. The predicted molar refractivity (Wildman–Crippen MR) is 127 cm³/mol. The summed E-state index contributed by atoms with van der Waals surface area (Å²) in [7, 11) is 1.75. The van der Waals surface area contributed by atoms with Gasteiger partial charge in [-0.05, 0) is 62.1 Å². The molecule has 0 spiro atoms.